The number of rotatable bonds is 32. The Kier molecular flexibility index (Phi) is 28.0. The third-order valence-electron chi connectivity index (χ3n) is 9.29. The van der Waals surface area contributed by atoms with Crippen LogP contribution in [0.1, 0.15) is 155 Å². The molecule has 10 nitrogen and oxygen atoms in total. The van der Waals surface area contributed by atoms with Gasteiger partial charge in [-0.3, -0.25) is 5.32 Å². The lowest BCUT2D eigenvalue weighted by molar-refractivity contribution is -0.303. The van der Waals surface area contributed by atoms with Gasteiger partial charge in [0.05, 0.1) is 38.2 Å². The van der Waals surface area contributed by atoms with Crippen LogP contribution in [0.3, 0.4) is 0 Å². The van der Waals surface area contributed by atoms with E-state index in [4.69, 9.17) is 14.2 Å². The molecule has 0 radical (unpaired) electrons. The van der Waals surface area contributed by atoms with Crippen molar-refractivity contribution in [2.24, 2.45) is 0 Å². The SMILES string of the molecule is CCCCCCCCCCCCCC[C@@H](O)[C@@H](O)[C@H](COC1OC(CO)C(O)C(O)C1O)NCOCCCCCCCCCCC. The molecule has 0 bridgehead atoms. The maximum atomic E-state index is 11.0. The molecule has 7 N–H and O–H groups in total. The van der Waals surface area contributed by atoms with E-state index in [1.807, 2.05) is 0 Å². The minimum absolute atomic E-state index is 0.152. The Labute approximate surface area is 280 Å². The fourth-order valence-electron chi connectivity index (χ4n) is 6.07. The molecule has 0 aliphatic carbocycles. The van der Waals surface area contributed by atoms with Gasteiger partial charge in [0.1, 0.15) is 24.4 Å². The zero-order chi connectivity index (χ0) is 33.8. The first-order valence-electron chi connectivity index (χ1n) is 19.0. The molecule has 8 atom stereocenters. The summed E-state index contributed by atoms with van der Waals surface area (Å²) in [6, 6.07) is -0.734. The monoisotopic (exact) mass is 664 g/mol. The van der Waals surface area contributed by atoms with Crippen molar-refractivity contribution in [2.45, 2.75) is 204 Å². The number of nitrogens with one attached hydrogen (secondary N) is 1. The Morgan fingerprint density at radius 1 is 0.630 bits per heavy atom. The van der Waals surface area contributed by atoms with E-state index in [9.17, 15) is 30.6 Å². The maximum Gasteiger partial charge on any atom is 0.186 e. The van der Waals surface area contributed by atoms with Crippen molar-refractivity contribution in [2.75, 3.05) is 26.6 Å². The lowest BCUT2D eigenvalue weighted by Gasteiger charge is -2.40. The van der Waals surface area contributed by atoms with Gasteiger partial charge in [0.2, 0.25) is 0 Å². The van der Waals surface area contributed by atoms with Crippen molar-refractivity contribution in [1.29, 1.82) is 0 Å². The third kappa shape index (κ3) is 20.2. The highest BCUT2D eigenvalue weighted by Gasteiger charge is 2.44. The van der Waals surface area contributed by atoms with E-state index in [0.29, 0.717) is 13.0 Å². The van der Waals surface area contributed by atoms with Gasteiger partial charge in [0, 0.05) is 6.61 Å². The fraction of sp³-hybridized carbons (Fsp3) is 1.00. The third-order valence-corrected chi connectivity index (χ3v) is 9.29. The summed E-state index contributed by atoms with van der Waals surface area (Å²) in [6.07, 6.45) is 17.0. The van der Waals surface area contributed by atoms with Crippen LogP contribution in [0.2, 0.25) is 0 Å². The number of aliphatic hydroxyl groups is 6. The molecule has 1 saturated heterocycles. The van der Waals surface area contributed by atoms with Crippen LogP contribution in [0.25, 0.3) is 0 Å². The second-order valence-electron chi connectivity index (χ2n) is 13.5. The fourth-order valence-corrected chi connectivity index (χ4v) is 6.07. The van der Waals surface area contributed by atoms with Crippen molar-refractivity contribution in [1.82, 2.24) is 5.32 Å². The zero-order valence-corrected chi connectivity index (χ0v) is 29.4. The summed E-state index contributed by atoms with van der Waals surface area (Å²) in [5.41, 5.74) is 0. The average molecular weight is 664 g/mol. The molecule has 5 unspecified atom stereocenters. The summed E-state index contributed by atoms with van der Waals surface area (Å²) in [5, 5.41) is 65.0. The van der Waals surface area contributed by atoms with E-state index in [1.54, 1.807) is 0 Å². The van der Waals surface area contributed by atoms with E-state index < -0.39 is 55.6 Å². The van der Waals surface area contributed by atoms with Crippen LogP contribution in [-0.2, 0) is 14.2 Å². The largest absolute Gasteiger partial charge is 0.394 e. The van der Waals surface area contributed by atoms with E-state index in [-0.39, 0.29) is 13.3 Å². The molecule has 0 amide bonds. The van der Waals surface area contributed by atoms with Crippen LogP contribution in [-0.4, -0.2) is 106 Å². The van der Waals surface area contributed by atoms with Gasteiger partial charge in [-0.1, -0.05) is 142 Å². The highest BCUT2D eigenvalue weighted by Crippen LogP contribution is 2.23. The molecule has 46 heavy (non-hydrogen) atoms. The van der Waals surface area contributed by atoms with Crippen molar-refractivity contribution in [3.8, 4) is 0 Å². The highest BCUT2D eigenvalue weighted by atomic mass is 16.7. The Balaban J connectivity index is 2.42. The van der Waals surface area contributed by atoms with E-state index in [0.717, 1.165) is 32.1 Å². The summed E-state index contributed by atoms with van der Waals surface area (Å²) < 4.78 is 16.9. The van der Waals surface area contributed by atoms with Gasteiger partial charge in [0.15, 0.2) is 6.29 Å². The van der Waals surface area contributed by atoms with Gasteiger partial charge in [-0.15, -0.1) is 0 Å². The Morgan fingerprint density at radius 2 is 1.11 bits per heavy atom. The first-order chi connectivity index (χ1) is 22.4. The molecule has 10 heteroatoms. The van der Waals surface area contributed by atoms with Crippen molar-refractivity contribution >= 4 is 0 Å². The van der Waals surface area contributed by atoms with Crippen LogP contribution in [0.15, 0.2) is 0 Å². The topological polar surface area (TPSA) is 161 Å². The number of unbranched alkanes of at least 4 members (excludes halogenated alkanes) is 19. The molecule has 0 spiro atoms. The number of aliphatic hydroxyl groups excluding tert-OH is 6. The van der Waals surface area contributed by atoms with Gasteiger partial charge in [-0.2, -0.15) is 0 Å². The van der Waals surface area contributed by atoms with Crippen molar-refractivity contribution in [3.63, 3.8) is 0 Å². The first-order valence-corrected chi connectivity index (χ1v) is 19.0. The molecule has 1 heterocycles. The predicted molar refractivity (Wildman–Crippen MR) is 182 cm³/mol. The normalized spacial score (nSPS) is 23.9. The molecule has 1 fully saturated rings. The van der Waals surface area contributed by atoms with Gasteiger partial charge in [-0.25, -0.2) is 0 Å². The minimum Gasteiger partial charge on any atom is -0.394 e. The van der Waals surface area contributed by atoms with E-state index >= 15 is 0 Å². The predicted octanol–water partition coefficient (Wildman–Crippen LogP) is 5.08. The molecule has 0 aromatic heterocycles. The lowest BCUT2D eigenvalue weighted by Crippen LogP contribution is -2.60. The van der Waals surface area contributed by atoms with Crippen LogP contribution >= 0.6 is 0 Å². The summed E-state index contributed by atoms with van der Waals surface area (Å²) in [6.45, 7) is 4.50. The molecule has 0 aromatic rings. The van der Waals surface area contributed by atoms with Crippen LogP contribution in [0.5, 0.6) is 0 Å². The number of hydrogen-bond donors (Lipinski definition) is 7. The van der Waals surface area contributed by atoms with Crippen LogP contribution in [0, 0.1) is 0 Å². The summed E-state index contributed by atoms with van der Waals surface area (Å²) in [5.74, 6) is 0. The Bertz CT molecular complexity index is 659. The second kappa shape index (κ2) is 29.5. The zero-order valence-electron chi connectivity index (χ0n) is 29.4. The Hall–Kier alpha value is -0.400. The molecule has 0 saturated carbocycles. The molecule has 0 aromatic carbocycles. The van der Waals surface area contributed by atoms with E-state index in [1.165, 1.54) is 103 Å². The van der Waals surface area contributed by atoms with Gasteiger partial charge in [-0.05, 0) is 12.8 Å². The number of hydrogen-bond acceptors (Lipinski definition) is 10. The summed E-state index contributed by atoms with van der Waals surface area (Å²) >= 11 is 0. The maximum absolute atomic E-state index is 11.0. The highest BCUT2D eigenvalue weighted by molar-refractivity contribution is 4.89. The second-order valence-corrected chi connectivity index (χ2v) is 13.5. The van der Waals surface area contributed by atoms with Crippen LogP contribution < -0.4 is 5.32 Å². The van der Waals surface area contributed by atoms with Crippen LogP contribution in [0.4, 0.5) is 0 Å². The molecular weight excluding hydrogens is 590 g/mol. The average Bonchev–Trinajstić information content (AvgIpc) is 3.06. The quantitative estimate of drug-likeness (QED) is 0.0382. The molecule has 1 rings (SSSR count). The van der Waals surface area contributed by atoms with Gasteiger partial charge >= 0.3 is 0 Å². The van der Waals surface area contributed by atoms with Crippen molar-refractivity contribution in [3.05, 3.63) is 0 Å². The first kappa shape index (κ1) is 43.6. The summed E-state index contributed by atoms with van der Waals surface area (Å²) in [7, 11) is 0. The molecule has 1 aliphatic heterocycles. The Morgan fingerprint density at radius 3 is 1.61 bits per heavy atom. The lowest BCUT2D eigenvalue weighted by atomic mass is 9.98. The minimum atomic E-state index is -1.55. The molecule has 1 aliphatic rings. The molecule has 276 valence electrons. The molecular formula is C36H73NO9. The summed E-state index contributed by atoms with van der Waals surface area (Å²) in [4.78, 5) is 0. The van der Waals surface area contributed by atoms with Gasteiger partial charge < -0.3 is 44.8 Å². The standard InChI is InChI=1S/C36H73NO9/c1-3-5-7-9-11-13-14-15-16-18-20-22-24-30(39)32(40)29(27-45-36-35(43)34(42)33(41)31(26-38)46-36)37-28-44-25-23-21-19-17-12-10-8-6-4-2/h29-43H,3-28H2,1-2H3/t29-,30+,31?,32-,33?,34?,35?,36?/m0/s1. The van der Waals surface area contributed by atoms with Gasteiger partial charge in [0.25, 0.3) is 0 Å². The van der Waals surface area contributed by atoms with Crippen molar-refractivity contribution < 1.29 is 44.8 Å². The smallest absolute Gasteiger partial charge is 0.186 e. The number of ether oxygens (including phenoxy) is 3. The van der Waals surface area contributed by atoms with E-state index in [2.05, 4.69) is 19.2 Å².